The van der Waals surface area contributed by atoms with Gasteiger partial charge >= 0.3 is 6.09 Å². The summed E-state index contributed by atoms with van der Waals surface area (Å²) in [7, 11) is 0. The van der Waals surface area contributed by atoms with E-state index in [1.807, 2.05) is 5.38 Å². The van der Waals surface area contributed by atoms with Gasteiger partial charge in [-0.15, -0.1) is 0 Å². The highest BCUT2D eigenvalue weighted by Crippen LogP contribution is 2.15. The normalized spacial score (nSPS) is 14.2. The molecule has 0 atom stereocenters. The van der Waals surface area contributed by atoms with E-state index in [-0.39, 0.29) is 6.09 Å². The van der Waals surface area contributed by atoms with Gasteiger partial charge in [-0.1, -0.05) is 0 Å². The molecule has 100 valence electrons. The van der Waals surface area contributed by atoms with Gasteiger partial charge in [0.15, 0.2) is 0 Å². The third-order valence-electron chi connectivity index (χ3n) is 3.23. The fourth-order valence-electron chi connectivity index (χ4n) is 2.15. The summed E-state index contributed by atoms with van der Waals surface area (Å²) >= 11 is 1.66. The lowest BCUT2D eigenvalue weighted by atomic mass is 10.1. The molecular formula is C13H15N3O2S. The van der Waals surface area contributed by atoms with Crippen LogP contribution in [-0.4, -0.2) is 34.1 Å². The fourth-order valence-corrected chi connectivity index (χ4v) is 2.85. The first-order valence-electron chi connectivity index (χ1n) is 6.27. The second kappa shape index (κ2) is 5.44. The number of carbonyl (C=O) groups excluding carboxylic acids is 1. The summed E-state index contributed by atoms with van der Waals surface area (Å²) in [6.45, 7) is 1.67. The molecule has 3 heterocycles. The van der Waals surface area contributed by atoms with Crippen LogP contribution in [0.5, 0.6) is 0 Å². The van der Waals surface area contributed by atoms with Gasteiger partial charge in [0.05, 0.1) is 30.9 Å². The summed E-state index contributed by atoms with van der Waals surface area (Å²) in [4.78, 5) is 20.9. The third-order valence-corrected chi connectivity index (χ3v) is 3.96. The smallest absolute Gasteiger partial charge is 0.410 e. The maximum Gasteiger partial charge on any atom is 0.410 e. The van der Waals surface area contributed by atoms with Crippen molar-refractivity contribution in [3.63, 3.8) is 0 Å². The first kappa shape index (κ1) is 12.2. The summed E-state index contributed by atoms with van der Waals surface area (Å²) in [6.07, 6.45) is 3.00. The first-order chi connectivity index (χ1) is 9.33. The predicted molar refractivity (Wildman–Crippen MR) is 72.1 cm³/mol. The SMILES string of the molecule is O=C(OCCc1ccsc1)N1CCc2nc[nH]c2C1. The zero-order chi connectivity index (χ0) is 13.1. The summed E-state index contributed by atoms with van der Waals surface area (Å²) in [5, 5.41) is 4.10. The van der Waals surface area contributed by atoms with Gasteiger partial charge in [-0.25, -0.2) is 9.78 Å². The van der Waals surface area contributed by atoms with E-state index < -0.39 is 0 Å². The topological polar surface area (TPSA) is 58.2 Å². The van der Waals surface area contributed by atoms with E-state index in [2.05, 4.69) is 21.4 Å². The highest BCUT2D eigenvalue weighted by molar-refractivity contribution is 7.07. The monoisotopic (exact) mass is 277 g/mol. The summed E-state index contributed by atoms with van der Waals surface area (Å²) in [5.74, 6) is 0. The van der Waals surface area contributed by atoms with Gasteiger partial charge in [-0.3, -0.25) is 0 Å². The van der Waals surface area contributed by atoms with Gasteiger partial charge in [-0.2, -0.15) is 11.3 Å². The van der Waals surface area contributed by atoms with Crippen LogP contribution in [0.2, 0.25) is 0 Å². The van der Waals surface area contributed by atoms with Crippen molar-refractivity contribution in [2.24, 2.45) is 0 Å². The van der Waals surface area contributed by atoms with Crippen LogP contribution in [0.4, 0.5) is 4.79 Å². The van der Waals surface area contributed by atoms with Gasteiger partial charge < -0.3 is 14.6 Å². The fraction of sp³-hybridized carbons (Fsp3) is 0.385. The van der Waals surface area contributed by atoms with Crippen molar-refractivity contribution in [2.45, 2.75) is 19.4 Å². The Morgan fingerprint density at radius 2 is 2.53 bits per heavy atom. The number of nitrogens with zero attached hydrogens (tertiary/aromatic N) is 2. The Morgan fingerprint density at radius 3 is 3.37 bits per heavy atom. The molecule has 0 bridgehead atoms. The number of hydrogen-bond donors (Lipinski definition) is 1. The molecule has 0 fully saturated rings. The predicted octanol–water partition coefficient (Wildman–Crippen LogP) is 2.21. The number of aromatic amines is 1. The van der Waals surface area contributed by atoms with Gasteiger partial charge in [-0.05, 0) is 22.4 Å². The van der Waals surface area contributed by atoms with Crippen molar-refractivity contribution in [3.8, 4) is 0 Å². The lowest BCUT2D eigenvalue weighted by Crippen LogP contribution is -2.36. The molecule has 2 aromatic rings. The Labute approximate surface area is 115 Å². The van der Waals surface area contributed by atoms with Crippen molar-refractivity contribution in [3.05, 3.63) is 40.1 Å². The molecular weight excluding hydrogens is 262 g/mol. The maximum atomic E-state index is 11.9. The molecule has 5 nitrogen and oxygen atoms in total. The Bertz CT molecular complexity index is 550. The highest BCUT2D eigenvalue weighted by Gasteiger charge is 2.23. The zero-order valence-electron chi connectivity index (χ0n) is 10.5. The van der Waals surface area contributed by atoms with Crippen molar-refractivity contribution in [2.75, 3.05) is 13.2 Å². The molecule has 19 heavy (non-hydrogen) atoms. The maximum absolute atomic E-state index is 11.9. The molecule has 6 heteroatoms. The molecule has 0 aromatic carbocycles. The van der Waals surface area contributed by atoms with Crippen molar-refractivity contribution >= 4 is 17.4 Å². The lowest BCUT2D eigenvalue weighted by Gasteiger charge is -2.25. The van der Waals surface area contributed by atoms with Gasteiger partial charge in [0.25, 0.3) is 0 Å². The number of amides is 1. The number of carbonyl (C=O) groups is 1. The Morgan fingerprint density at radius 1 is 1.58 bits per heavy atom. The minimum absolute atomic E-state index is 0.240. The molecule has 0 unspecified atom stereocenters. The van der Waals surface area contributed by atoms with Gasteiger partial charge in [0, 0.05) is 19.4 Å². The van der Waals surface area contributed by atoms with E-state index in [0.717, 1.165) is 24.2 Å². The lowest BCUT2D eigenvalue weighted by molar-refractivity contribution is 0.0982. The van der Waals surface area contributed by atoms with Crippen molar-refractivity contribution in [1.29, 1.82) is 0 Å². The van der Waals surface area contributed by atoms with Crippen LogP contribution in [-0.2, 0) is 24.1 Å². The first-order valence-corrected chi connectivity index (χ1v) is 7.21. The average Bonchev–Trinajstić information content (AvgIpc) is 3.08. The summed E-state index contributed by atoms with van der Waals surface area (Å²) in [6, 6.07) is 2.05. The van der Waals surface area contributed by atoms with E-state index in [9.17, 15) is 4.79 Å². The van der Waals surface area contributed by atoms with E-state index in [0.29, 0.717) is 19.7 Å². The van der Waals surface area contributed by atoms with Crippen LogP contribution in [0.25, 0.3) is 0 Å². The molecule has 3 rings (SSSR count). The van der Waals surface area contributed by atoms with E-state index >= 15 is 0 Å². The Balaban J connectivity index is 1.49. The number of fused-ring (bicyclic) bond motifs is 1. The van der Waals surface area contributed by atoms with Crippen LogP contribution < -0.4 is 0 Å². The molecule has 0 radical (unpaired) electrons. The van der Waals surface area contributed by atoms with E-state index in [4.69, 9.17) is 4.74 Å². The minimum atomic E-state index is -0.240. The molecule has 0 spiro atoms. The number of hydrogen-bond acceptors (Lipinski definition) is 4. The standard InChI is InChI=1S/C13H15N3O2S/c17-13(18-5-2-10-3-6-19-8-10)16-4-1-11-12(7-16)15-9-14-11/h3,6,8-9H,1-2,4-5,7H2,(H,14,15). The van der Waals surface area contributed by atoms with Crippen molar-refractivity contribution in [1.82, 2.24) is 14.9 Å². The molecule has 1 amide bonds. The highest BCUT2D eigenvalue weighted by atomic mass is 32.1. The third kappa shape index (κ3) is 2.78. The Kier molecular flexibility index (Phi) is 3.50. The second-order valence-electron chi connectivity index (χ2n) is 4.50. The molecule has 0 saturated carbocycles. The van der Waals surface area contributed by atoms with Crippen molar-refractivity contribution < 1.29 is 9.53 Å². The van der Waals surface area contributed by atoms with Crippen LogP contribution in [0.3, 0.4) is 0 Å². The summed E-state index contributed by atoms with van der Waals surface area (Å²) in [5.41, 5.74) is 3.29. The zero-order valence-corrected chi connectivity index (χ0v) is 11.3. The largest absolute Gasteiger partial charge is 0.449 e. The number of H-pyrrole nitrogens is 1. The van der Waals surface area contributed by atoms with Crippen LogP contribution in [0, 0.1) is 0 Å². The van der Waals surface area contributed by atoms with Crippen LogP contribution in [0.15, 0.2) is 23.2 Å². The molecule has 2 aromatic heterocycles. The Hall–Kier alpha value is -1.82. The molecule has 0 saturated heterocycles. The number of nitrogens with one attached hydrogen (secondary N) is 1. The van der Waals surface area contributed by atoms with Crippen LogP contribution in [0.1, 0.15) is 17.0 Å². The molecule has 1 aliphatic heterocycles. The van der Waals surface area contributed by atoms with Gasteiger partial charge in [0.2, 0.25) is 0 Å². The quantitative estimate of drug-likeness (QED) is 0.935. The second-order valence-corrected chi connectivity index (χ2v) is 5.28. The number of ether oxygens (including phenoxy) is 1. The molecule has 1 aliphatic rings. The number of imidazole rings is 1. The van der Waals surface area contributed by atoms with E-state index in [1.54, 1.807) is 22.6 Å². The van der Waals surface area contributed by atoms with Gasteiger partial charge in [0.1, 0.15) is 0 Å². The molecule has 0 aliphatic carbocycles. The number of aromatic nitrogens is 2. The minimum Gasteiger partial charge on any atom is -0.449 e. The molecule has 1 N–H and O–H groups in total. The van der Waals surface area contributed by atoms with Crippen LogP contribution >= 0.6 is 11.3 Å². The number of rotatable bonds is 3. The number of thiophene rings is 1. The van der Waals surface area contributed by atoms with E-state index in [1.165, 1.54) is 5.56 Å². The summed E-state index contributed by atoms with van der Waals surface area (Å²) < 4.78 is 5.30. The average molecular weight is 277 g/mol.